The molecule has 3 aromatic rings. The van der Waals surface area contributed by atoms with Crippen molar-refractivity contribution in [2.45, 2.75) is 62.0 Å². The van der Waals surface area contributed by atoms with Crippen LogP contribution in [0.15, 0.2) is 41.8 Å². The molecular weight excluding hydrogens is 610 g/mol. The lowest BCUT2D eigenvalue weighted by molar-refractivity contribution is -0.114. The van der Waals surface area contributed by atoms with Gasteiger partial charge >= 0.3 is 0 Å². The van der Waals surface area contributed by atoms with E-state index in [0.717, 1.165) is 5.56 Å². The number of hydrogen-bond donors (Lipinski definition) is 1. The van der Waals surface area contributed by atoms with Gasteiger partial charge in [0.15, 0.2) is 32.8 Å². The van der Waals surface area contributed by atoms with E-state index in [9.17, 15) is 13.2 Å². The number of aromatic nitrogens is 3. The summed E-state index contributed by atoms with van der Waals surface area (Å²) in [4.78, 5) is 15.8. The third-order valence-corrected chi connectivity index (χ3v) is 9.30. The Kier molecular flexibility index (Phi) is 11.4. The van der Waals surface area contributed by atoms with Crippen LogP contribution in [0.25, 0.3) is 0 Å². The van der Waals surface area contributed by atoms with E-state index in [-0.39, 0.29) is 41.1 Å². The van der Waals surface area contributed by atoms with Crippen LogP contribution in [0.3, 0.4) is 0 Å². The van der Waals surface area contributed by atoms with Gasteiger partial charge in [-0.05, 0) is 61.6 Å². The minimum absolute atomic E-state index is 0.0764. The smallest absolute Gasteiger partial charge is 0.203 e. The first-order valence-corrected chi connectivity index (χ1v) is 16.4. The number of nitrogens with zero attached hydrogens (tertiary/aromatic N) is 3. The fourth-order valence-corrected chi connectivity index (χ4v) is 6.68. The first-order chi connectivity index (χ1) is 21.1. The number of methoxy groups -OCH3 is 3. The van der Waals surface area contributed by atoms with Crippen molar-refractivity contribution in [1.29, 1.82) is 0 Å². The second-order valence-corrected chi connectivity index (χ2v) is 12.9. The fraction of sp³-hybridized carbons (Fsp3) is 0.500. The third kappa shape index (κ3) is 7.77. The lowest BCUT2D eigenvalue weighted by Gasteiger charge is -2.21. The van der Waals surface area contributed by atoms with Crippen molar-refractivity contribution in [2.75, 3.05) is 40.3 Å². The average Bonchev–Trinajstić information content (AvgIpc) is 3.72. The quantitative estimate of drug-likeness (QED) is 0.211. The molecule has 3 atom stereocenters. The number of thiol groups is 1. The highest BCUT2D eigenvalue weighted by Crippen LogP contribution is 2.48. The molecule has 1 aromatic heterocycles. The van der Waals surface area contributed by atoms with E-state index in [1.54, 1.807) is 38.4 Å². The number of hydrogen-bond acceptors (Lipinski definition) is 12. The van der Waals surface area contributed by atoms with Gasteiger partial charge in [-0.2, -0.15) is 17.7 Å². The zero-order valence-electron chi connectivity index (χ0n) is 25.5. The Labute approximate surface area is 263 Å². The number of sulfone groups is 1. The van der Waals surface area contributed by atoms with Crippen LogP contribution in [0.2, 0.25) is 0 Å². The average molecular weight is 650 g/mol. The van der Waals surface area contributed by atoms with Crippen molar-refractivity contribution in [3.63, 3.8) is 0 Å². The Balaban J connectivity index is 1.69. The normalized spacial score (nSPS) is 17.2. The molecule has 2 heterocycles. The van der Waals surface area contributed by atoms with Gasteiger partial charge in [0, 0.05) is 6.42 Å². The summed E-state index contributed by atoms with van der Waals surface area (Å²) in [6, 6.07) is 6.98. The van der Waals surface area contributed by atoms with Crippen LogP contribution in [0.1, 0.15) is 68.2 Å². The topological polar surface area (TPSA) is 137 Å². The largest absolute Gasteiger partial charge is 0.493 e. The molecule has 4 rings (SSSR count). The zero-order valence-corrected chi connectivity index (χ0v) is 27.2. The second kappa shape index (κ2) is 15.0. The molecule has 0 radical (unpaired) electrons. The standard InChI is InChI=1S/C30H39N3O9S2/c1-6-10-41-30-26(40-11-9-28(43)33-18-31-17-32-33)14-21(15-27(30)44(35,36)16-19(2)34)23-8-7-22(42-23)20-12-24(37-3)29(39-5)25(13-20)38-4/h12-15,17-18,22-23,28,43H,6-11,16H2,1-5H3/t22-,23-,28?/m0/s1. The van der Waals surface area contributed by atoms with Gasteiger partial charge in [0.1, 0.15) is 29.1 Å². The van der Waals surface area contributed by atoms with Crippen LogP contribution in [-0.2, 0) is 19.4 Å². The van der Waals surface area contributed by atoms with E-state index in [0.29, 0.717) is 48.5 Å². The third-order valence-electron chi connectivity index (χ3n) is 7.05. The van der Waals surface area contributed by atoms with E-state index < -0.39 is 27.5 Å². The summed E-state index contributed by atoms with van der Waals surface area (Å²) in [5.41, 5.74) is 1.43. The Hall–Kier alpha value is -3.49. The van der Waals surface area contributed by atoms with Crippen molar-refractivity contribution >= 4 is 28.2 Å². The monoisotopic (exact) mass is 649 g/mol. The summed E-state index contributed by atoms with van der Waals surface area (Å²) in [6.45, 7) is 3.60. The molecule has 0 saturated carbocycles. The summed E-state index contributed by atoms with van der Waals surface area (Å²) in [5, 5.41) is 3.80. The van der Waals surface area contributed by atoms with Crippen LogP contribution < -0.4 is 23.7 Å². The zero-order chi connectivity index (χ0) is 31.9. The number of Topliss-reactive ketones (excluding diaryl/α,β-unsaturated/α-hetero) is 1. The van der Waals surface area contributed by atoms with Gasteiger partial charge in [-0.15, -0.1) is 0 Å². The Morgan fingerprint density at radius 2 is 1.61 bits per heavy atom. The molecule has 0 bridgehead atoms. The minimum atomic E-state index is -4.06. The van der Waals surface area contributed by atoms with Crippen LogP contribution in [0, 0.1) is 0 Å². The van der Waals surface area contributed by atoms with Gasteiger partial charge < -0.3 is 28.4 Å². The summed E-state index contributed by atoms with van der Waals surface area (Å²) < 4.78 is 63.7. The minimum Gasteiger partial charge on any atom is -0.493 e. The molecule has 0 amide bonds. The molecule has 1 unspecified atom stereocenters. The molecule has 14 heteroatoms. The summed E-state index contributed by atoms with van der Waals surface area (Å²) in [6.07, 6.45) is 4.55. The molecule has 44 heavy (non-hydrogen) atoms. The van der Waals surface area contributed by atoms with Crippen LogP contribution in [-0.4, -0.2) is 69.3 Å². The van der Waals surface area contributed by atoms with Gasteiger partial charge in [-0.3, -0.25) is 4.79 Å². The van der Waals surface area contributed by atoms with E-state index in [4.69, 9.17) is 28.4 Å². The first kappa shape index (κ1) is 33.4. The lowest BCUT2D eigenvalue weighted by Crippen LogP contribution is -2.17. The lowest BCUT2D eigenvalue weighted by atomic mass is 10.0. The molecule has 0 N–H and O–H groups in total. The van der Waals surface area contributed by atoms with E-state index in [2.05, 4.69) is 22.7 Å². The molecule has 0 spiro atoms. The maximum absolute atomic E-state index is 13.5. The molecule has 240 valence electrons. The van der Waals surface area contributed by atoms with Crippen LogP contribution in [0.4, 0.5) is 0 Å². The molecule has 1 fully saturated rings. The van der Waals surface area contributed by atoms with Crippen LogP contribution in [0.5, 0.6) is 28.7 Å². The Bertz CT molecular complexity index is 1510. The SMILES string of the molecule is CCCOc1c(OCCC(S)n2cncn2)cc([C@@H]2CC[C@@H](c3cc(OC)c(OC)c(OC)c3)O2)cc1S(=O)(=O)CC(C)=O. The molecule has 2 aromatic carbocycles. The number of rotatable bonds is 16. The van der Waals surface area contributed by atoms with Gasteiger partial charge in [0.2, 0.25) is 5.75 Å². The summed E-state index contributed by atoms with van der Waals surface area (Å²) in [7, 11) is 0.581. The number of carbonyl (C=O) groups is 1. The predicted molar refractivity (Wildman–Crippen MR) is 165 cm³/mol. The van der Waals surface area contributed by atoms with Crippen molar-refractivity contribution in [3.8, 4) is 28.7 Å². The molecule has 1 aliphatic rings. The first-order valence-electron chi connectivity index (χ1n) is 14.2. The van der Waals surface area contributed by atoms with Gasteiger partial charge in [0.25, 0.3) is 0 Å². The van der Waals surface area contributed by atoms with E-state index in [1.807, 2.05) is 19.1 Å². The predicted octanol–water partition coefficient (Wildman–Crippen LogP) is 4.95. The van der Waals surface area contributed by atoms with Crippen molar-refractivity contribution in [2.24, 2.45) is 0 Å². The summed E-state index contributed by atoms with van der Waals surface area (Å²) in [5.74, 6) is 0.670. The molecule has 1 aliphatic heterocycles. The fourth-order valence-electron chi connectivity index (χ4n) is 5.01. The molecule has 12 nitrogen and oxygen atoms in total. The molecule has 0 aliphatic carbocycles. The summed E-state index contributed by atoms with van der Waals surface area (Å²) >= 11 is 4.57. The van der Waals surface area contributed by atoms with Gasteiger partial charge in [0.05, 0.1) is 52.1 Å². The van der Waals surface area contributed by atoms with Crippen LogP contribution >= 0.6 is 12.6 Å². The number of carbonyl (C=O) groups excluding carboxylic acids is 1. The van der Waals surface area contributed by atoms with Gasteiger partial charge in [-0.1, -0.05) is 6.92 Å². The van der Waals surface area contributed by atoms with E-state index in [1.165, 1.54) is 19.3 Å². The van der Waals surface area contributed by atoms with Crippen molar-refractivity contribution in [3.05, 3.63) is 48.0 Å². The highest BCUT2D eigenvalue weighted by atomic mass is 32.2. The Morgan fingerprint density at radius 3 is 2.16 bits per heavy atom. The van der Waals surface area contributed by atoms with Crippen molar-refractivity contribution in [1.82, 2.24) is 14.8 Å². The number of ether oxygens (including phenoxy) is 6. The van der Waals surface area contributed by atoms with E-state index >= 15 is 0 Å². The van der Waals surface area contributed by atoms with Gasteiger partial charge in [-0.25, -0.2) is 18.1 Å². The Morgan fingerprint density at radius 1 is 0.977 bits per heavy atom. The second-order valence-electron chi connectivity index (χ2n) is 10.3. The number of ketones is 1. The maximum atomic E-state index is 13.5. The molecule has 1 saturated heterocycles. The highest BCUT2D eigenvalue weighted by Gasteiger charge is 2.33. The number of benzene rings is 2. The highest BCUT2D eigenvalue weighted by molar-refractivity contribution is 7.92. The van der Waals surface area contributed by atoms with Crippen molar-refractivity contribution < 1.29 is 41.6 Å². The maximum Gasteiger partial charge on any atom is 0.203 e. The molecular formula is C30H39N3O9S2.